The maximum absolute atomic E-state index is 12.5. The van der Waals surface area contributed by atoms with E-state index in [-0.39, 0.29) is 10.8 Å². The van der Waals surface area contributed by atoms with E-state index in [0.29, 0.717) is 24.6 Å². The number of hydrogen-bond acceptors (Lipinski definition) is 3. The van der Waals surface area contributed by atoms with Gasteiger partial charge in [0, 0.05) is 24.6 Å². The van der Waals surface area contributed by atoms with Crippen LogP contribution in [0.3, 0.4) is 0 Å². The molecule has 1 aliphatic carbocycles. The zero-order valence-electron chi connectivity index (χ0n) is 14.9. The van der Waals surface area contributed by atoms with Gasteiger partial charge in [0.1, 0.15) is 0 Å². The fraction of sp³-hybridized carbons (Fsp3) is 0.350. The highest BCUT2D eigenvalue weighted by atomic mass is 32.2. The van der Waals surface area contributed by atoms with Crippen molar-refractivity contribution in [2.45, 2.75) is 37.0 Å². The van der Waals surface area contributed by atoms with Gasteiger partial charge in [0.2, 0.25) is 10.0 Å². The minimum absolute atomic E-state index is 0.106. The summed E-state index contributed by atoms with van der Waals surface area (Å²) in [6.45, 7) is 2.58. The van der Waals surface area contributed by atoms with Gasteiger partial charge in [-0.05, 0) is 48.6 Å². The molecule has 1 unspecified atom stereocenters. The molecule has 2 aromatic rings. The predicted octanol–water partition coefficient (Wildman–Crippen LogP) is 2.83. The Bertz CT molecular complexity index is 893. The van der Waals surface area contributed by atoms with E-state index in [2.05, 4.69) is 28.2 Å². The van der Waals surface area contributed by atoms with Crippen molar-refractivity contribution in [2.75, 3.05) is 13.1 Å². The van der Waals surface area contributed by atoms with Gasteiger partial charge in [-0.15, -0.1) is 0 Å². The van der Waals surface area contributed by atoms with Crippen molar-refractivity contribution in [1.29, 1.82) is 0 Å². The fourth-order valence-electron chi connectivity index (χ4n) is 3.46. The van der Waals surface area contributed by atoms with Crippen LogP contribution in [0.5, 0.6) is 0 Å². The third kappa shape index (κ3) is 4.14. The molecule has 3 rings (SSSR count). The van der Waals surface area contributed by atoms with Crippen LogP contribution in [0.2, 0.25) is 0 Å². The van der Waals surface area contributed by atoms with Gasteiger partial charge in [0.15, 0.2) is 0 Å². The summed E-state index contributed by atoms with van der Waals surface area (Å²) in [7, 11) is -3.57. The van der Waals surface area contributed by atoms with Gasteiger partial charge < -0.3 is 5.32 Å². The van der Waals surface area contributed by atoms with Crippen molar-refractivity contribution < 1.29 is 13.2 Å². The van der Waals surface area contributed by atoms with Crippen LogP contribution >= 0.6 is 0 Å². The summed E-state index contributed by atoms with van der Waals surface area (Å²) in [5.41, 5.74) is 3.02. The molecule has 0 saturated carbocycles. The van der Waals surface area contributed by atoms with Crippen LogP contribution in [-0.2, 0) is 16.4 Å². The van der Waals surface area contributed by atoms with Crippen LogP contribution in [0.15, 0.2) is 53.4 Å². The van der Waals surface area contributed by atoms with Crippen molar-refractivity contribution in [3.8, 4) is 0 Å². The second kappa shape index (κ2) is 8.01. The summed E-state index contributed by atoms with van der Waals surface area (Å²) < 4.78 is 26.7. The van der Waals surface area contributed by atoms with Crippen LogP contribution in [-0.4, -0.2) is 27.4 Å². The summed E-state index contributed by atoms with van der Waals surface area (Å²) >= 11 is 0. The lowest BCUT2D eigenvalue weighted by Gasteiger charge is -2.25. The van der Waals surface area contributed by atoms with Gasteiger partial charge in [0.25, 0.3) is 5.91 Å². The standard InChI is InChI=1S/C20H24N2O3S/c1-2-22-26(24,25)18-11-6-9-16(13-18)20(23)21-14-17-10-5-8-15-7-3-4-12-19(15)17/h3-4,6-7,9,11-13,17,22H,2,5,8,10,14H2,1H3,(H,21,23). The van der Waals surface area contributed by atoms with Crippen molar-refractivity contribution in [3.63, 3.8) is 0 Å². The fourth-order valence-corrected chi connectivity index (χ4v) is 4.55. The van der Waals surface area contributed by atoms with Gasteiger partial charge in [-0.2, -0.15) is 0 Å². The lowest BCUT2D eigenvalue weighted by Crippen LogP contribution is -2.30. The van der Waals surface area contributed by atoms with Crippen molar-refractivity contribution >= 4 is 15.9 Å². The summed E-state index contributed by atoms with van der Waals surface area (Å²) in [5, 5.41) is 2.97. The molecule has 138 valence electrons. The molecule has 0 bridgehead atoms. The summed E-state index contributed by atoms with van der Waals surface area (Å²) in [5.74, 6) is 0.0548. The number of amides is 1. The van der Waals surface area contributed by atoms with E-state index in [1.165, 1.54) is 23.3 Å². The normalized spacial score (nSPS) is 16.7. The number of sulfonamides is 1. The molecule has 2 N–H and O–H groups in total. The van der Waals surface area contributed by atoms with Crippen LogP contribution in [0.25, 0.3) is 0 Å². The van der Waals surface area contributed by atoms with Crippen LogP contribution in [0.1, 0.15) is 47.2 Å². The lowest BCUT2D eigenvalue weighted by atomic mass is 9.83. The number of aryl methyl sites for hydroxylation is 1. The van der Waals surface area contributed by atoms with Crippen molar-refractivity contribution in [1.82, 2.24) is 10.0 Å². The Morgan fingerprint density at radius 2 is 1.96 bits per heavy atom. The molecule has 0 saturated heterocycles. The summed E-state index contributed by atoms with van der Waals surface area (Å²) in [6, 6.07) is 14.5. The molecule has 6 heteroatoms. The van der Waals surface area contributed by atoms with Crippen molar-refractivity contribution in [2.24, 2.45) is 0 Å². The predicted molar refractivity (Wildman–Crippen MR) is 102 cm³/mol. The van der Waals surface area contributed by atoms with E-state index in [4.69, 9.17) is 0 Å². The Labute approximate surface area is 154 Å². The highest BCUT2D eigenvalue weighted by Crippen LogP contribution is 2.30. The Hall–Kier alpha value is -2.18. The number of fused-ring (bicyclic) bond motifs is 1. The molecule has 0 spiro atoms. The summed E-state index contributed by atoms with van der Waals surface area (Å²) in [6.07, 6.45) is 3.26. The molecule has 1 atom stereocenters. The quantitative estimate of drug-likeness (QED) is 0.819. The number of nitrogens with one attached hydrogen (secondary N) is 2. The number of carbonyl (C=O) groups excluding carboxylic acids is 1. The molecule has 0 aromatic heterocycles. The Morgan fingerprint density at radius 1 is 1.15 bits per heavy atom. The minimum Gasteiger partial charge on any atom is -0.351 e. The average molecular weight is 372 g/mol. The number of hydrogen-bond donors (Lipinski definition) is 2. The van der Waals surface area contributed by atoms with Gasteiger partial charge in [-0.25, -0.2) is 13.1 Å². The molecule has 1 amide bonds. The highest BCUT2D eigenvalue weighted by molar-refractivity contribution is 7.89. The maximum atomic E-state index is 12.5. The minimum atomic E-state index is -3.57. The van der Waals surface area contributed by atoms with E-state index in [1.807, 2.05) is 6.07 Å². The molecule has 5 nitrogen and oxygen atoms in total. The lowest BCUT2D eigenvalue weighted by molar-refractivity contribution is 0.0950. The molecule has 0 radical (unpaired) electrons. The number of benzene rings is 2. The monoisotopic (exact) mass is 372 g/mol. The average Bonchev–Trinajstić information content (AvgIpc) is 2.66. The Balaban J connectivity index is 1.70. The van der Waals surface area contributed by atoms with Crippen LogP contribution < -0.4 is 10.0 Å². The molecule has 1 aliphatic rings. The topological polar surface area (TPSA) is 75.3 Å². The van der Waals surface area contributed by atoms with E-state index in [1.54, 1.807) is 19.1 Å². The second-order valence-corrected chi connectivity index (χ2v) is 8.29. The van der Waals surface area contributed by atoms with Crippen molar-refractivity contribution in [3.05, 3.63) is 65.2 Å². The molecule has 0 fully saturated rings. The Kier molecular flexibility index (Phi) is 5.74. The van der Waals surface area contributed by atoms with Gasteiger partial charge in [-0.3, -0.25) is 4.79 Å². The zero-order chi connectivity index (χ0) is 18.6. The molecular formula is C20H24N2O3S. The first-order chi connectivity index (χ1) is 12.5. The van der Waals surface area contributed by atoms with E-state index in [0.717, 1.165) is 19.3 Å². The third-order valence-corrected chi connectivity index (χ3v) is 6.29. The molecule has 0 heterocycles. The first-order valence-corrected chi connectivity index (χ1v) is 10.5. The molecule has 0 aliphatic heterocycles. The zero-order valence-corrected chi connectivity index (χ0v) is 15.7. The number of rotatable bonds is 6. The maximum Gasteiger partial charge on any atom is 0.251 e. The highest BCUT2D eigenvalue weighted by Gasteiger charge is 2.21. The van der Waals surface area contributed by atoms with Crippen LogP contribution in [0.4, 0.5) is 0 Å². The van der Waals surface area contributed by atoms with Crippen LogP contribution in [0, 0.1) is 0 Å². The second-order valence-electron chi connectivity index (χ2n) is 6.53. The molecular weight excluding hydrogens is 348 g/mol. The van der Waals surface area contributed by atoms with Gasteiger partial charge in [-0.1, -0.05) is 37.3 Å². The first kappa shape index (κ1) is 18.6. The SMILES string of the molecule is CCNS(=O)(=O)c1cccc(C(=O)NCC2CCCc3ccccc32)c1. The molecule has 26 heavy (non-hydrogen) atoms. The van der Waals surface area contributed by atoms with Gasteiger partial charge >= 0.3 is 0 Å². The first-order valence-electron chi connectivity index (χ1n) is 8.97. The largest absolute Gasteiger partial charge is 0.351 e. The Morgan fingerprint density at radius 3 is 2.77 bits per heavy atom. The molecule has 2 aromatic carbocycles. The van der Waals surface area contributed by atoms with E-state index in [9.17, 15) is 13.2 Å². The van der Waals surface area contributed by atoms with Gasteiger partial charge in [0.05, 0.1) is 4.90 Å². The van der Waals surface area contributed by atoms with E-state index < -0.39 is 10.0 Å². The smallest absolute Gasteiger partial charge is 0.251 e. The van der Waals surface area contributed by atoms with E-state index >= 15 is 0 Å². The summed E-state index contributed by atoms with van der Waals surface area (Å²) in [4.78, 5) is 12.6. The third-order valence-electron chi connectivity index (χ3n) is 4.74. The number of carbonyl (C=O) groups is 1.